The number of hydrogen-bond acceptors (Lipinski definition) is 5. The van der Waals surface area contributed by atoms with Gasteiger partial charge in [0.05, 0.1) is 5.56 Å². The molecule has 2 N–H and O–H groups in total. The number of carbonyl (C=O) groups excluding carboxylic acids is 1. The first-order valence-electron chi connectivity index (χ1n) is 13.6. The predicted octanol–water partition coefficient (Wildman–Crippen LogP) is 6.53. The van der Waals surface area contributed by atoms with Gasteiger partial charge >= 0.3 is 6.18 Å². The fraction of sp³-hybridized carbons (Fsp3) is 0.400. The molecule has 0 bridgehead atoms. The number of nitrogens with zero attached hydrogens (tertiary/aromatic N) is 3. The molecule has 1 amide bonds. The quantitative estimate of drug-likeness (QED) is 0.338. The van der Waals surface area contributed by atoms with Gasteiger partial charge in [-0.2, -0.15) is 13.2 Å². The Kier molecular flexibility index (Phi) is 10.1. The van der Waals surface area contributed by atoms with Crippen LogP contribution in [0.4, 0.5) is 18.9 Å². The molecule has 0 aliphatic carbocycles. The third kappa shape index (κ3) is 7.59. The van der Waals surface area contributed by atoms with Crippen molar-refractivity contribution >= 4 is 40.5 Å². The van der Waals surface area contributed by atoms with Gasteiger partial charge in [0.25, 0.3) is 5.71 Å². The van der Waals surface area contributed by atoms with E-state index in [-0.39, 0.29) is 24.0 Å². The molecule has 2 heterocycles. The van der Waals surface area contributed by atoms with Gasteiger partial charge in [0.15, 0.2) is 0 Å². The van der Waals surface area contributed by atoms with E-state index in [4.69, 9.17) is 33.8 Å². The average Bonchev–Trinajstić information content (AvgIpc) is 3.15. The molecule has 4 rings (SSSR count). The zero-order valence-corrected chi connectivity index (χ0v) is 24.8. The van der Waals surface area contributed by atoms with Gasteiger partial charge < -0.3 is 20.4 Å². The second-order valence-corrected chi connectivity index (χ2v) is 11.6. The van der Waals surface area contributed by atoms with Crippen LogP contribution in [-0.2, 0) is 22.2 Å². The summed E-state index contributed by atoms with van der Waals surface area (Å²) >= 11 is 12.5. The molecule has 0 radical (unpaired) electrons. The van der Waals surface area contributed by atoms with Crippen molar-refractivity contribution < 1.29 is 27.7 Å². The van der Waals surface area contributed by atoms with Gasteiger partial charge in [0, 0.05) is 65.2 Å². The SMILES string of the molecule is CC(C)CC(N)c1cc(C(F)(F)F)ccc1N1CCN(C(=O)C(Cc2ccc(Cl)cc2Cl)C2=[N+]([O-])OC=CC=C2)CC1. The summed E-state index contributed by atoms with van der Waals surface area (Å²) in [6, 6.07) is 8.04. The molecule has 12 heteroatoms. The standard InChI is InChI=1S/C30H33Cl2F3N4O3/c1-19(2)15-26(36)23-17-21(30(33,34)35)7-9-27(23)37-10-12-38(13-11-37)29(40)24(28-5-3-4-14-42-39(28)41)16-20-6-8-22(31)18-25(20)32/h3-9,14,17-19,24,26H,10-13,15-16,36H2,1-2H3. The summed E-state index contributed by atoms with van der Waals surface area (Å²) in [5.41, 5.74) is 7.46. The number of nitrogens with two attached hydrogens (primary N) is 1. The van der Waals surface area contributed by atoms with Crippen molar-refractivity contribution in [3.8, 4) is 0 Å². The van der Waals surface area contributed by atoms with Gasteiger partial charge in [-0.15, -0.1) is 0 Å². The monoisotopic (exact) mass is 624 g/mol. The lowest BCUT2D eigenvalue weighted by molar-refractivity contribution is -0.721. The average molecular weight is 626 g/mol. The van der Waals surface area contributed by atoms with E-state index in [1.54, 1.807) is 35.3 Å². The molecule has 0 saturated carbocycles. The molecule has 2 aliphatic rings. The molecule has 1 fully saturated rings. The maximum absolute atomic E-state index is 13.9. The molecular formula is C30H33Cl2F3N4O3. The Labute approximate surface area is 253 Å². The van der Waals surface area contributed by atoms with Crippen LogP contribution < -0.4 is 10.6 Å². The molecule has 2 unspecified atom stereocenters. The van der Waals surface area contributed by atoms with Crippen molar-refractivity contribution in [3.05, 3.63) is 92.8 Å². The van der Waals surface area contributed by atoms with Crippen LogP contribution in [-0.4, -0.2) is 47.6 Å². The highest BCUT2D eigenvalue weighted by molar-refractivity contribution is 6.35. The Morgan fingerprint density at radius 1 is 1.10 bits per heavy atom. The van der Waals surface area contributed by atoms with Crippen molar-refractivity contribution in [1.82, 2.24) is 4.90 Å². The molecule has 226 valence electrons. The maximum Gasteiger partial charge on any atom is 0.416 e. The molecule has 2 aromatic carbocycles. The lowest BCUT2D eigenvalue weighted by Gasteiger charge is -2.38. The zero-order valence-electron chi connectivity index (χ0n) is 23.3. The Hall–Kier alpha value is -3.21. The number of allylic oxidation sites excluding steroid dienone is 3. The number of hydrogen-bond donors (Lipinski definition) is 1. The first-order chi connectivity index (χ1) is 19.8. The predicted molar refractivity (Wildman–Crippen MR) is 158 cm³/mol. The summed E-state index contributed by atoms with van der Waals surface area (Å²) in [5, 5.41) is 13.5. The number of piperazine rings is 1. The van der Waals surface area contributed by atoms with Crippen molar-refractivity contribution in [1.29, 1.82) is 0 Å². The largest absolute Gasteiger partial charge is 0.416 e. The minimum Gasteiger partial charge on any atom is -0.375 e. The van der Waals surface area contributed by atoms with Crippen LogP contribution in [0.15, 0.2) is 60.9 Å². The van der Waals surface area contributed by atoms with E-state index in [1.807, 2.05) is 18.7 Å². The zero-order chi connectivity index (χ0) is 30.6. The van der Waals surface area contributed by atoms with Crippen LogP contribution in [0.5, 0.6) is 0 Å². The second-order valence-electron chi connectivity index (χ2n) is 10.8. The van der Waals surface area contributed by atoms with E-state index in [0.717, 1.165) is 12.1 Å². The summed E-state index contributed by atoms with van der Waals surface area (Å²) in [7, 11) is 0. The molecule has 0 spiro atoms. The van der Waals surface area contributed by atoms with Crippen molar-refractivity contribution in [2.24, 2.45) is 17.6 Å². The van der Waals surface area contributed by atoms with Gasteiger partial charge in [-0.25, -0.2) is 0 Å². The summed E-state index contributed by atoms with van der Waals surface area (Å²) in [5.74, 6) is -1.01. The molecule has 1 saturated heterocycles. The molecular weight excluding hydrogens is 592 g/mol. The van der Waals surface area contributed by atoms with E-state index in [0.29, 0.717) is 64.4 Å². The third-order valence-corrected chi connectivity index (χ3v) is 7.92. The third-order valence-electron chi connectivity index (χ3n) is 7.33. The molecule has 2 atom stereocenters. The van der Waals surface area contributed by atoms with Gasteiger partial charge in [0.2, 0.25) is 5.91 Å². The van der Waals surface area contributed by atoms with Crippen LogP contribution in [0, 0.1) is 17.0 Å². The fourth-order valence-electron chi connectivity index (χ4n) is 5.22. The highest BCUT2D eigenvalue weighted by Crippen LogP contribution is 2.37. The normalized spacial score (nSPS) is 17.4. The Morgan fingerprint density at radius 2 is 1.81 bits per heavy atom. The van der Waals surface area contributed by atoms with Crippen molar-refractivity contribution in [2.75, 3.05) is 31.1 Å². The van der Waals surface area contributed by atoms with Gasteiger partial charge in [-0.05, 0) is 66.3 Å². The highest BCUT2D eigenvalue weighted by atomic mass is 35.5. The highest BCUT2D eigenvalue weighted by Gasteiger charge is 2.37. The summed E-state index contributed by atoms with van der Waals surface area (Å²) in [6.07, 6.45) is 2.07. The first kappa shape index (κ1) is 31.7. The number of amides is 1. The van der Waals surface area contributed by atoms with Crippen molar-refractivity contribution in [3.63, 3.8) is 0 Å². The van der Waals surface area contributed by atoms with E-state index >= 15 is 0 Å². The Bertz CT molecular complexity index is 1390. The number of carbonyl (C=O) groups is 1. The van der Waals surface area contributed by atoms with E-state index in [9.17, 15) is 23.2 Å². The van der Waals surface area contributed by atoms with E-state index in [2.05, 4.69) is 0 Å². The number of alkyl halides is 3. The molecule has 2 aromatic rings. The second kappa shape index (κ2) is 13.4. The maximum atomic E-state index is 13.9. The summed E-state index contributed by atoms with van der Waals surface area (Å²) in [4.78, 5) is 22.9. The van der Waals surface area contributed by atoms with E-state index < -0.39 is 23.7 Å². The summed E-state index contributed by atoms with van der Waals surface area (Å²) in [6.45, 7) is 5.26. The number of halogens is 5. The van der Waals surface area contributed by atoms with Gasteiger partial charge in [-0.1, -0.05) is 49.2 Å². The minimum absolute atomic E-state index is 0.114. The molecule has 2 aliphatic heterocycles. The minimum atomic E-state index is -4.49. The van der Waals surface area contributed by atoms with Crippen LogP contribution in [0.2, 0.25) is 10.0 Å². The van der Waals surface area contributed by atoms with Gasteiger partial charge in [-0.3, -0.25) is 10.0 Å². The molecule has 42 heavy (non-hydrogen) atoms. The van der Waals surface area contributed by atoms with E-state index in [1.165, 1.54) is 18.4 Å². The molecule has 0 aromatic heterocycles. The lowest BCUT2D eigenvalue weighted by Crippen LogP contribution is -2.52. The number of rotatable bonds is 8. The number of benzene rings is 2. The fourth-order valence-corrected chi connectivity index (χ4v) is 5.70. The van der Waals surface area contributed by atoms with Crippen molar-refractivity contribution in [2.45, 2.75) is 38.9 Å². The van der Waals surface area contributed by atoms with Gasteiger partial charge in [0.1, 0.15) is 5.92 Å². The summed E-state index contributed by atoms with van der Waals surface area (Å²) < 4.78 is 40.6. The number of anilines is 1. The van der Waals surface area contributed by atoms with Crippen LogP contribution >= 0.6 is 23.2 Å². The molecule has 7 nitrogen and oxygen atoms in total. The topological polar surface area (TPSA) is 84.9 Å². The lowest BCUT2D eigenvalue weighted by atomic mass is 9.92. The van der Waals surface area contributed by atoms with Crippen LogP contribution in [0.25, 0.3) is 0 Å². The Morgan fingerprint density at radius 3 is 2.45 bits per heavy atom. The Balaban J connectivity index is 1.58. The van der Waals surface area contributed by atoms with Crippen LogP contribution in [0.1, 0.15) is 43.0 Å². The van der Waals surface area contributed by atoms with Crippen LogP contribution in [0.3, 0.4) is 0 Å². The smallest absolute Gasteiger partial charge is 0.375 e. The first-order valence-corrected chi connectivity index (χ1v) is 14.4.